The van der Waals surface area contributed by atoms with E-state index in [1.165, 1.54) is 24.3 Å². The third-order valence-corrected chi connectivity index (χ3v) is 8.17. The van der Waals surface area contributed by atoms with Crippen LogP contribution in [0.3, 0.4) is 0 Å². The molecule has 2 N–H and O–H groups in total. The summed E-state index contributed by atoms with van der Waals surface area (Å²) in [5.74, 6) is -2.11. The van der Waals surface area contributed by atoms with Gasteiger partial charge in [-0.15, -0.1) is 0 Å². The quantitative estimate of drug-likeness (QED) is 0.171. The Kier molecular flexibility index (Phi) is 7.42. The van der Waals surface area contributed by atoms with Gasteiger partial charge < -0.3 is 14.8 Å². The van der Waals surface area contributed by atoms with Crippen LogP contribution in [-0.2, 0) is 14.2 Å². The molecule has 39 heavy (non-hydrogen) atoms. The summed E-state index contributed by atoms with van der Waals surface area (Å²) in [4.78, 5) is 39.1. The number of fused-ring (bicyclic) bond motifs is 3. The summed E-state index contributed by atoms with van der Waals surface area (Å²) in [6, 6.07) is 12.7. The number of phenols is 1. The van der Waals surface area contributed by atoms with Crippen LogP contribution in [0, 0.1) is 27.9 Å². The van der Waals surface area contributed by atoms with Gasteiger partial charge in [-0.2, -0.15) is 0 Å². The molecule has 1 aliphatic carbocycles. The second-order valence-electron chi connectivity index (χ2n) is 10.5. The number of rotatable bonds is 7. The molecule has 0 bridgehead atoms. The maximum absolute atomic E-state index is 13.8. The lowest BCUT2D eigenvalue weighted by atomic mass is 9.58. The van der Waals surface area contributed by atoms with E-state index in [-0.39, 0.29) is 41.2 Å². The predicted octanol–water partition coefficient (Wildman–Crippen LogP) is 4.90. The molecule has 9 nitrogen and oxygen atoms in total. The smallest absolute Gasteiger partial charge is 0.455 e. The van der Waals surface area contributed by atoms with E-state index in [9.17, 15) is 29.8 Å². The first-order valence-electron chi connectivity index (χ1n) is 13.3. The molecular weight excluding hydrogens is 499 g/mol. The summed E-state index contributed by atoms with van der Waals surface area (Å²) < 4.78 is 6.01. The van der Waals surface area contributed by atoms with Gasteiger partial charge in [-0.3, -0.25) is 19.7 Å². The van der Waals surface area contributed by atoms with Crippen molar-refractivity contribution >= 4 is 36.4 Å². The lowest BCUT2D eigenvalue weighted by Crippen LogP contribution is -2.46. The molecule has 0 unspecified atom stereocenters. The number of carbonyl (C=O) groups excluding carboxylic acids is 2. The minimum atomic E-state index is -1.07. The molecule has 2 fully saturated rings. The van der Waals surface area contributed by atoms with Crippen LogP contribution in [0.1, 0.15) is 45.1 Å². The Balaban J connectivity index is 1.42. The molecule has 5 rings (SSSR count). The van der Waals surface area contributed by atoms with Crippen molar-refractivity contribution in [1.82, 2.24) is 0 Å². The lowest BCUT2D eigenvalue weighted by molar-refractivity contribution is -0.384. The van der Waals surface area contributed by atoms with Crippen LogP contribution < -0.4 is 4.90 Å². The van der Waals surface area contributed by atoms with Crippen molar-refractivity contribution in [1.29, 1.82) is 0 Å². The number of aromatic hydroxyl groups is 1. The van der Waals surface area contributed by atoms with Crippen molar-refractivity contribution < 1.29 is 29.3 Å². The summed E-state index contributed by atoms with van der Waals surface area (Å²) in [6.45, 7) is 4.00. The van der Waals surface area contributed by atoms with Crippen molar-refractivity contribution in [3.05, 3.63) is 80.9 Å². The highest BCUT2D eigenvalue weighted by molar-refractivity contribution is 6.43. The number of hydrogen-bond donors (Lipinski definition) is 2. The van der Waals surface area contributed by atoms with Gasteiger partial charge in [0.1, 0.15) is 5.75 Å². The second-order valence-corrected chi connectivity index (χ2v) is 10.5. The van der Waals surface area contributed by atoms with Crippen LogP contribution in [0.15, 0.2) is 65.3 Å². The van der Waals surface area contributed by atoms with Crippen molar-refractivity contribution in [3.63, 3.8) is 0 Å². The van der Waals surface area contributed by atoms with Gasteiger partial charge in [0.05, 0.1) is 28.6 Å². The third kappa shape index (κ3) is 5.02. The Hall–Kier alpha value is -3.76. The fourth-order valence-corrected chi connectivity index (χ4v) is 6.41. The molecule has 0 radical (unpaired) electrons. The molecule has 202 valence electrons. The number of para-hydroxylation sites is 1. The fraction of sp³-hybridized carbons (Fsp3) is 0.379. The van der Waals surface area contributed by atoms with E-state index >= 15 is 0 Å². The van der Waals surface area contributed by atoms with Crippen LogP contribution in [0.4, 0.5) is 11.4 Å². The highest BCUT2D eigenvalue weighted by Crippen LogP contribution is 2.52. The topological polar surface area (TPSA) is 130 Å². The van der Waals surface area contributed by atoms with Gasteiger partial charge in [-0.05, 0) is 62.6 Å². The molecule has 2 aliphatic heterocycles. The molecule has 2 saturated heterocycles. The zero-order valence-electron chi connectivity index (χ0n) is 21.9. The van der Waals surface area contributed by atoms with Crippen LogP contribution in [0.5, 0.6) is 5.75 Å². The first kappa shape index (κ1) is 26.8. The molecule has 2 aromatic carbocycles. The van der Waals surface area contributed by atoms with Crippen LogP contribution >= 0.6 is 0 Å². The lowest BCUT2D eigenvalue weighted by Gasteiger charge is -2.43. The molecule has 2 heterocycles. The number of allylic oxidation sites excluding steroid dienone is 2. The van der Waals surface area contributed by atoms with Gasteiger partial charge in [-0.1, -0.05) is 48.4 Å². The maximum Gasteiger partial charge on any atom is 0.455 e. The Morgan fingerprint density at radius 1 is 1.18 bits per heavy atom. The number of amides is 2. The molecule has 0 spiro atoms. The Labute approximate surface area is 227 Å². The number of carbonyl (C=O) groups is 2. The van der Waals surface area contributed by atoms with E-state index in [4.69, 9.17) is 4.65 Å². The van der Waals surface area contributed by atoms with Crippen LogP contribution in [0.2, 0.25) is 6.32 Å². The summed E-state index contributed by atoms with van der Waals surface area (Å²) in [5.41, 5.74) is 3.84. The summed E-state index contributed by atoms with van der Waals surface area (Å²) in [7, 11) is -1.07. The zero-order valence-corrected chi connectivity index (χ0v) is 21.9. The van der Waals surface area contributed by atoms with E-state index < -0.39 is 30.0 Å². The standard InChI is InChI=1S/C29H31BN2O7/c1-3-18-14-22-27(29(35)31(28(22)34)20-8-6-9-21(15-20)32(37)38)23-16-30(36)39-25(26(18)23)12-11-17(2)13-19-7-4-5-10-24(19)33/h4-10,13,15,22-23,25,27,33,36H,3,11-12,14,16H2,1-2H3/b17-13+/t22-,23+,25-,27-/m1/s1. The summed E-state index contributed by atoms with van der Waals surface area (Å²) in [6.07, 6.45) is 4.08. The Morgan fingerprint density at radius 2 is 1.95 bits per heavy atom. The molecular formula is C29H31BN2O7. The number of hydrogen-bond acceptors (Lipinski definition) is 7. The summed E-state index contributed by atoms with van der Waals surface area (Å²) in [5, 5.41) is 32.1. The first-order valence-corrected chi connectivity index (χ1v) is 13.3. The number of nitro benzene ring substituents is 1. The van der Waals surface area contributed by atoms with E-state index in [1.54, 1.807) is 12.1 Å². The monoisotopic (exact) mass is 530 g/mol. The maximum atomic E-state index is 13.8. The van der Waals surface area contributed by atoms with Crippen molar-refractivity contribution in [2.24, 2.45) is 17.8 Å². The number of anilines is 1. The molecule has 2 aromatic rings. The van der Waals surface area contributed by atoms with E-state index in [2.05, 4.69) is 0 Å². The molecule has 4 atom stereocenters. The molecule has 0 saturated carbocycles. The average molecular weight is 530 g/mol. The zero-order chi connectivity index (χ0) is 27.8. The van der Waals surface area contributed by atoms with E-state index in [0.717, 1.165) is 27.2 Å². The van der Waals surface area contributed by atoms with Gasteiger partial charge >= 0.3 is 7.12 Å². The van der Waals surface area contributed by atoms with Crippen molar-refractivity contribution in [2.45, 2.75) is 52.0 Å². The highest BCUT2D eigenvalue weighted by Gasteiger charge is 2.57. The van der Waals surface area contributed by atoms with Gasteiger partial charge in [0, 0.05) is 17.7 Å². The number of phenolic OH excluding ortho intramolecular Hbond substituents is 1. The molecule has 0 aromatic heterocycles. The van der Waals surface area contributed by atoms with Crippen LogP contribution in [0.25, 0.3) is 6.08 Å². The Morgan fingerprint density at radius 3 is 2.67 bits per heavy atom. The Bertz CT molecular complexity index is 1390. The minimum absolute atomic E-state index is 0.190. The second kappa shape index (κ2) is 10.8. The van der Waals surface area contributed by atoms with Gasteiger partial charge in [0.2, 0.25) is 11.8 Å². The van der Waals surface area contributed by atoms with Gasteiger partial charge in [0.15, 0.2) is 0 Å². The van der Waals surface area contributed by atoms with Gasteiger partial charge in [0.25, 0.3) is 5.69 Å². The SMILES string of the molecule is CCC1=C2[C@@H](CC/C(C)=C/c3ccccc3O)OB(O)C[C@@H]2[C@@H]2C(=O)N(c3cccc([N+](=O)[O-])c3)C(=O)[C@@H]2C1. The highest BCUT2D eigenvalue weighted by atomic mass is 16.6. The third-order valence-electron chi connectivity index (χ3n) is 8.17. The number of non-ortho nitro benzene ring substituents is 1. The predicted molar refractivity (Wildman–Crippen MR) is 147 cm³/mol. The van der Waals surface area contributed by atoms with E-state index in [0.29, 0.717) is 25.7 Å². The minimum Gasteiger partial charge on any atom is -0.507 e. The first-order chi connectivity index (χ1) is 18.7. The van der Waals surface area contributed by atoms with E-state index in [1.807, 2.05) is 32.1 Å². The molecule has 3 aliphatic rings. The average Bonchev–Trinajstić information content (AvgIpc) is 3.17. The number of nitro groups is 1. The number of benzene rings is 2. The van der Waals surface area contributed by atoms with Crippen molar-refractivity contribution in [2.75, 3.05) is 4.90 Å². The molecule has 2 amide bonds. The van der Waals surface area contributed by atoms with Crippen molar-refractivity contribution in [3.8, 4) is 5.75 Å². The fourth-order valence-electron chi connectivity index (χ4n) is 6.41. The normalized spacial score (nSPS) is 25.2. The number of nitrogens with zero attached hydrogens (tertiary/aromatic N) is 2. The van der Waals surface area contributed by atoms with Gasteiger partial charge in [-0.25, -0.2) is 4.90 Å². The largest absolute Gasteiger partial charge is 0.507 e. The number of imide groups is 1. The molecule has 10 heteroatoms. The summed E-state index contributed by atoms with van der Waals surface area (Å²) >= 11 is 0. The van der Waals surface area contributed by atoms with Crippen LogP contribution in [-0.4, -0.2) is 40.1 Å².